The number of aryl methyl sites for hydroxylation is 1. The minimum Gasteiger partial charge on any atom is -0.351 e. The summed E-state index contributed by atoms with van der Waals surface area (Å²) < 4.78 is 1.40. The summed E-state index contributed by atoms with van der Waals surface area (Å²) in [6.45, 7) is 1.87. The SMILES string of the molecule is Cc1ccc(NC(=O)n2cc3ccc(NC4=CC(=O)N(C5CCC(=O)NC5=O)C4=O)cc3c2)cc1Cl. The van der Waals surface area contributed by atoms with Crippen molar-refractivity contribution in [3.05, 3.63) is 71.2 Å². The molecule has 2 aliphatic heterocycles. The van der Waals surface area contributed by atoms with Gasteiger partial charge in [-0.05, 0) is 43.2 Å². The van der Waals surface area contributed by atoms with Crippen LogP contribution >= 0.6 is 11.6 Å². The maximum absolute atomic E-state index is 12.9. The van der Waals surface area contributed by atoms with E-state index in [1.54, 1.807) is 42.7 Å². The Hall–Kier alpha value is -4.44. The average Bonchev–Trinajstić information content (AvgIpc) is 3.37. The summed E-state index contributed by atoms with van der Waals surface area (Å²) in [7, 11) is 0. The fourth-order valence-electron chi connectivity index (χ4n) is 4.15. The van der Waals surface area contributed by atoms with Crippen LogP contribution in [-0.4, -0.2) is 45.2 Å². The van der Waals surface area contributed by atoms with Crippen LogP contribution in [0.15, 0.2) is 60.6 Å². The zero-order valence-corrected chi connectivity index (χ0v) is 19.8. The third-order valence-corrected chi connectivity index (χ3v) is 6.46. The molecule has 5 rings (SSSR count). The second-order valence-electron chi connectivity index (χ2n) is 8.57. The molecule has 0 bridgehead atoms. The highest BCUT2D eigenvalue weighted by Gasteiger charge is 2.42. The summed E-state index contributed by atoms with van der Waals surface area (Å²) >= 11 is 6.13. The maximum atomic E-state index is 12.9. The third kappa shape index (κ3) is 4.34. The number of halogens is 1. The number of piperidine rings is 1. The molecular weight excluding hydrogens is 486 g/mol. The van der Waals surface area contributed by atoms with E-state index in [0.717, 1.165) is 27.3 Å². The van der Waals surface area contributed by atoms with Crippen molar-refractivity contribution in [1.82, 2.24) is 14.8 Å². The first-order chi connectivity index (χ1) is 17.2. The Labute approximate surface area is 209 Å². The monoisotopic (exact) mass is 505 g/mol. The molecule has 1 fully saturated rings. The van der Waals surface area contributed by atoms with Crippen molar-refractivity contribution in [2.75, 3.05) is 10.6 Å². The van der Waals surface area contributed by atoms with Crippen molar-refractivity contribution >= 4 is 63.4 Å². The van der Waals surface area contributed by atoms with Gasteiger partial charge in [0.15, 0.2) is 0 Å². The molecule has 0 aliphatic carbocycles. The van der Waals surface area contributed by atoms with E-state index in [-0.39, 0.29) is 24.6 Å². The van der Waals surface area contributed by atoms with Gasteiger partial charge in [0.25, 0.3) is 11.8 Å². The number of carbonyl (C=O) groups excluding carboxylic acids is 5. The number of carbonyl (C=O) groups is 5. The molecule has 3 aromatic rings. The number of anilines is 2. The zero-order chi connectivity index (χ0) is 25.6. The molecule has 0 spiro atoms. The molecule has 3 heterocycles. The lowest BCUT2D eigenvalue weighted by molar-refractivity contribution is -0.149. The van der Waals surface area contributed by atoms with Gasteiger partial charge in [0, 0.05) is 52.1 Å². The zero-order valence-electron chi connectivity index (χ0n) is 19.0. The van der Waals surface area contributed by atoms with Crippen molar-refractivity contribution in [3.8, 4) is 0 Å². The molecule has 10 nitrogen and oxygen atoms in total. The summed E-state index contributed by atoms with van der Waals surface area (Å²) in [5.74, 6) is -2.38. The Bertz CT molecular complexity index is 1510. The quantitative estimate of drug-likeness (QED) is 0.467. The molecule has 1 saturated heterocycles. The van der Waals surface area contributed by atoms with E-state index in [0.29, 0.717) is 16.4 Å². The number of aromatic nitrogens is 1. The van der Waals surface area contributed by atoms with Gasteiger partial charge in [0.1, 0.15) is 11.7 Å². The lowest BCUT2D eigenvalue weighted by atomic mass is 10.0. The van der Waals surface area contributed by atoms with Crippen molar-refractivity contribution in [2.24, 2.45) is 0 Å². The summed E-state index contributed by atoms with van der Waals surface area (Å²) in [6.07, 6.45) is 4.56. The number of amides is 5. The highest BCUT2D eigenvalue weighted by molar-refractivity contribution is 6.31. The second kappa shape index (κ2) is 8.97. The maximum Gasteiger partial charge on any atom is 0.329 e. The molecule has 182 valence electrons. The number of imide groups is 2. The lowest BCUT2D eigenvalue weighted by Crippen LogP contribution is -2.54. The summed E-state index contributed by atoms with van der Waals surface area (Å²) in [6, 6.07) is 9.04. The number of nitrogens with one attached hydrogen (secondary N) is 3. The van der Waals surface area contributed by atoms with E-state index in [4.69, 9.17) is 11.6 Å². The number of nitrogens with zero attached hydrogens (tertiary/aromatic N) is 2. The first-order valence-electron chi connectivity index (χ1n) is 11.1. The van der Waals surface area contributed by atoms with Crippen molar-refractivity contribution < 1.29 is 24.0 Å². The van der Waals surface area contributed by atoms with Crippen LogP contribution in [0.3, 0.4) is 0 Å². The highest BCUT2D eigenvalue weighted by Crippen LogP contribution is 2.26. The normalized spacial score (nSPS) is 17.9. The van der Waals surface area contributed by atoms with Crippen LogP contribution in [0.1, 0.15) is 18.4 Å². The van der Waals surface area contributed by atoms with Crippen molar-refractivity contribution in [2.45, 2.75) is 25.8 Å². The fraction of sp³-hybridized carbons (Fsp3) is 0.160. The van der Waals surface area contributed by atoms with Crippen LogP contribution in [0.25, 0.3) is 10.8 Å². The van der Waals surface area contributed by atoms with Gasteiger partial charge in [-0.1, -0.05) is 23.7 Å². The van der Waals surface area contributed by atoms with E-state index in [1.165, 1.54) is 4.57 Å². The minimum atomic E-state index is -1.03. The van der Waals surface area contributed by atoms with E-state index < -0.39 is 29.7 Å². The number of benzene rings is 2. The molecule has 1 aromatic heterocycles. The minimum absolute atomic E-state index is 0.0116. The van der Waals surface area contributed by atoms with Crippen LogP contribution in [-0.2, 0) is 19.2 Å². The van der Waals surface area contributed by atoms with Crippen LogP contribution in [0.4, 0.5) is 16.2 Å². The summed E-state index contributed by atoms with van der Waals surface area (Å²) in [4.78, 5) is 62.4. The number of fused-ring (bicyclic) bond motifs is 1. The molecule has 11 heteroatoms. The second-order valence-corrected chi connectivity index (χ2v) is 8.97. The molecule has 2 aliphatic rings. The smallest absolute Gasteiger partial charge is 0.329 e. The van der Waals surface area contributed by atoms with Gasteiger partial charge >= 0.3 is 6.03 Å². The van der Waals surface area contributed by atoms with E-state index >= 15 is 0 Å². The predicted octanol–water partition coefficient (Wildman–Crippen LogP) is 3.15. The Morgan fingerprint density at radius 3 is 2.53 bits per heavy atom. The Morgan fingerprint density at radius 2 is 1.78 bits per heavy atom. The Kier molecular flexibility index (Phi) is 5.81. The standard InChI is InChI=1S/C25H20ClN5O5/c1-13-2-4-17(9-18(13)26)28-25(36)30-11-14-3-5-16(8-15(14)12-30)27-19-10-22(33)31(24(19)35)20-6-7-21(32)29-23(20)34/h2-5,8-12,20,27H,6-7H2,1H3,(H,28,36)(H,29,32,34). The van der Waals surface area contributed by atoms with Crippen LogP contribution in [0.2, 0.25) is 5.02 Å². The summed E-state index contributed by atoms with van der Waals surface area (Å²) in [5.41, 5.74) is 1.99. The predicted molar refractivity (Wildman–Crippen MR) is 132 cm³/mol. The third-order valence-electron chi connectivity index (χ3n) is 6.06. The average molecular weight is 506 g/mol. The molecule has 1 unspecified atom stereocenters. The number of hydrogen-bond donors (Lipinski definition) is 3. The number of hydrogen-bond acceptors (Lipinski definition) is 6. The molecule has 3 N–H and O–H groups in total. The van der Waals surface area contributed by atoms with E-state index in [2.05, 4.69) is 16.0 Å². The van der Waals surface area contributed by atoms with Gasteiger partial charge in [-0.15, -0.1) is 0 Å². The van der Waals surface area contributed by atoms with Crippen molar-refractivity contribution in [1.29, 1.82) is 0 Å². The Balaban J connectivity index is 1.30. The lowest BCUT2D eigenvalue weighted by Gasteiger charge is -2.28. The van der Waals surface area contributed by atoms with Gasteiger partial charge in [0.2, 0.25) is 11.8 Å². The molecule has 0 saturated carbocycles. The molecule has 1 atom stereocenters. The van der Waals surface area contributed by atoms with Crippen LogP contribution < -0.4 is 16.0 Å². The van der Waals surface area contributed by atoms with Crippen molar-refractivity contribution in [3.63, 3.8) is 0 Å². The van der Waals surface area contributed by atoms with Gasteiger partial charge in [0.05, 0.1) is 0 Å². The first kappa shape index (κ1) is 23.3. The molecule has 0 radical (unpaired) electrons. The molecular formula is C25H20ClN5O5. The topological polar surface area (TPSA) is 130 Å². The highest BCUT2D eigenvalue weighted by atomic mass is 35.5. The van der Waals surface area contributed by atoms with E-state index in [1.807, 2.05) is 13.0 Å². The molecule has 36 heavy (non-hydrogen) atoms. The van der Waals surface area contributed by atoms with Gasteiger partial charge < -0.3 is 10.6 Å². The fourth-order valence-corrected chi connectivity index (χ4v) is 4.33. The first-order valence-corrected chi connectivity index (χ1v) is 11.5. The largest absolute Gasteiger partial charge is 0.351 e. The van der Waals surface area contributed by atoms with Gasteiger partial charge in [-0.2, -0.15) is 0 Å². The molecule has 5 amide bonds. The Morgan fingerprint density at radius 1 is 1.03 bits per heavy atom. The summed E-state index contributed by atoms with van der Waals surface area (Å²) in [5, 5.41) is 9.91. The van der Waals surface area contributed by atoms with Gasteiger partial charge in [-0.25, -0.2) is 4.79 Å². The van der Waals surface area contributed by atoms with Crippen LogP contribution in [0, 0.1) is 6.92 Å². The molecule has 2 aromatic carbocycles. The van der Waals surface area contributed by atoms with E-state index in [9.17, 15) is 24.0 Å². The van der Waals surface area contributed by atoms with Crippen LogP contribution in [0.5, 0.6) is 0 Å². The van der Waals surface area contributed by atoms with Gasteiger partial charge in [-0.3, -0.25) is 34.0 Å². The number of rotatable bonds is 4.